The van der Waals surface area contributed by atoms with Gasteiger partial charge in [-0.1, -0.05) is 19.1 Å². The van der Waals surface area contributed by atoms with Crippen molar-refractivity contribution >= 4 is 34.9 Å². The number of carbonyl (C=O) groups is 2. The number of hydrogen-bond donors (Lipinski definition) is 1. The number of para-hydroxylation sites is 2. The first-order valence-electron chi connectivity index (χ1n) is 6.16. The Morgan fingerprint density at radius 3 is 3.00 bits per heavy atom. The summed E-state index contributed by atoms with van der Waals surface area (Å²) >= 11 is 0.990. The number of hydrogen-bond acceptors (Lipinski definition) is 5. The Kier molecular flexibility index (Phi) is 3.19. The minimum atomic E-state index is -0.294. The molecule has 0 bridgehead atoms. The molecule has 2 aromatic rings. The van der Waals surface area contributed by atoms with E-state index in [9.17, 15) is 9.59 Å². The molecule has 20 heavy (non-hydrogen) atoms. The fraction of sp³-hybridized carbons (Fsp3) is 0.231. The molecule has 7 heteroatoms. The van der Waals surface area contributed by atoms with Gasteiger partial charge >= 0.3 is 0 Å². The number of anilines is 2. The summed E-state index contributed by atoms with van der Waals surface area (Å²) in [5.74, 6) is -0.628. The highest BCUT2D eigenvalue weighted by Gasteiger charge is 2.29. The van der Waals surface area contributed by atoms with Gasteiger partial charge in [0.05, 0.1) is 35.2 Å². The zero-order valence-corrected chi connectivity index (χ0v) is 11.6. The molecule has 0 fully saturated rings. The van der Waals surface area contributed by atoms with E-state index in [1.807, 2.05) is 18.2 Å². The van der Waals surface area contributed by atoms with Gasteiger partial charge in [-0.15, -0.1) is 0 Å². The molecule has 102 valence electrons. The minimum absolute atomic E-state index is 0.0934. The summed E-state index contributed by atoms with van der Waals surface area (Å²) in [6.07, 6.45) is 1.44. The number of benzene rings is 1. The zero-order chi connectivity index (χ0) is 14.1. The molecule has 3 rings (SSSR count). The maximum absolute atomic E-state index is 12.5. The van der Waals surface area contributed by atoms with Crippen LogP contribution in [0.2, 0.25) is 0 Å². The van der Waals surface area contributed by atoms with Crippen molar-refractivity contribution in [3.05, 3.63) is 36.2 Å². The molecule has 1 aliphatic heterocycles. The molecule has 2 heterocycles. The number of nitrogens with zero attached hydrogens (tertiary/aromatic N) is 3. The number of rotatable bonds is 1. The average molecular weight is 288 g/mol. The molecular weight excluding hydrogens is 276 g/mol. The van der Waals surface area contributed by atoms with E-state index in [4.69, 9.17) is 0 Å². The van der Waals surface area contributed by atoms with Crippen LogP contribution in [0.1, 0.15) is 17.4 Å². The highest BCUT2D eigenvalue weighted by molar-refractivity contribution is 6.99. The van der Waals surface area contributed by atoms with Crippen LogP contribution in [0.4, 0.5) is 11.4 Å². The SMILES string of the molecule is C[C@H]1CN(C(=O)c2cnsn2)c2ccccc2NC1=O. The van der Waals surface area contributed by atoms with Crippen LogP contribution in [0.5, 0.6) is 0 Å². The Hall–Kier alpha value is -2.28. The molecule has 0 radical (unpaired) electrons. The van der Waals surface area contributed by atoms with Crippen LogP contribution < -0.4 is 10.2 Å². The third-order valence-corrected chi connectivity index (χ3v) is 3.66. The van der Waals surface area contributed by atoms with Crippen molar-refractivity contribution in [2.75, 3.05) is 16.8 Å². The Morgan fingerprint density at radius 1 is 1.45 bits per heavy atom. The first kappa shape index (κ1) is 12.7. The first-order valence-corrected chi connectivity index (χ1v) is 6.89. The van der Waals surface area contributed by atoms with Crippen molar-refractivity contribution in [2.45, 2.75) is 6.92 Å². The predicted octanol–water partition coefficient (Wildman–Crippen LogP) is 1.77. The third-order valence-electron chi connectivity index (χ3n) is 3.18. The van der Waals surface area contributed by atoms with Crippen LogP contribution in [-0.2, 0) is 4.79 Å². The summed E-state index contributed by atoms with van der Waals surface area (Å²) in [6.45, 7) is 2.11. The van der Waals surface area contributed by atoms with Crippen molar-refractivity contribution in [3.63, 3.8) is 0 Å². The number of nitrogens with one attached hydrogen (secondary N) is 1. The molecule has 6 nitrogen and oxygen atoms in total. The maximum atomic E-state index is 12.5. The van der Waals surface area contributed by atoms with Crippen LogP contribution in [0.3, 0.4) is 0 Å². The molecule has 1 aliphatic rings. The lowest BCUT2D eigenvalue weighted by Crippen LogP contribution is -2.36. The number of amides is 2. The van der Waals surface area contributed by atoms with Crippen LogP contribution >= 0.6 is 11.7 Å². The van der Waals surface area contributed by atoms with E-state index in [0.29, 0.717) is 23.6 Å². The van der Waals surface area contributed by atoms with Gasteiger partial charge in [-0.05, 0) is 12.1 Å². The van der Waals surface area contributed by atoms with Gasteiger partial charge in [0.15, 0.2) is 5.69 Å². The fourth-order valence-corrected chi connectivity index (χ4v) is 2.52. The second kappa shape index (κ2) is 5.01. The predicted molar refractivity (Wildman–Crippen MR) is 75.8 cm³/mol. The molecule has 0 saturated carbocycles. The average Bonchev–Trinajstić information content (AvgIpc) is 2.94. The van der Waals surface area contributed by atoms with Crippen LogP contribution in [0.15, 0.2) is 30.5 Å². The summed E-state index contributed by atoms with van der Waals surface area (Å²) in [4.78, 5) is 26.1. The van der Waals surface area contributed by atoms with E-state index >= 15 is 0 Å². The third kappa shape index (κ3) is 2.16. The zero-order valence-electron chi connectivity index (χ0n) is 10.7. The Morgan fingerprint density at radius 2 is 2.25 bits per heavy atom. The van der Waals surface area contributed by atoms with Crippen molar-refractivity contribution < 1.29 is 9.59 Å². The van der Waals surface area contributed by atoms with Gasteiger partial charge in [0.2, 0.25) is 5.91 Å². The summed E-state index contributed by atoms with van der Waals surface area (Å²) in [7, 11) is 0. The van der Waals surface area contributed by atoms with Gasteiger partial charge in [-0.2, -0.15) is 8.75 Å². The lowest BCUT2D eigenvalue weighted by atomic mass is 10.1. The van der Waals surface area contributed by atoms with E-state index in [1.165, 1.54) is 6.20 Å². The minimum Gasteiger partial charge on any atom is -0.324 e. The molecule has 0 spiro atoms. The Bertz CT molecular complexity index is 656. The largest absolute Gasteiger partial charge is 0.324 e. The summed E-state index contributed by atoms with van der Waals surface area (Å²) in [5, 5.41) is 2.84. The van der Waals surface area contributed by atoms with Crippen molar-refractivity contribution in [1.29, 1.82) is 0 Å². The molecule has 1 aromatic carbocycles. The summed E-state index contributed by atoms with van der Waals surface area (Å²) in [6, 6.07) is 7.25. The highest BCUT2D eigenvalue weighted by atomic mass is 32.1. The van der Waals surface area contributed by atoms with Crippen LogP contribution in [0.25, 0.3) is 0 Å². The van der Waals surface area contributed by atoms with Gasteiger partial charge in [-0.25, -0.2) is 0 Å². The first-order chi connectivity index (χ1) is 9.66. The molecule has 1 atom stereocenters. The second-order valence-electron chi connectivity index (χ2n) is 4.62. The normalized spacial score (nSPS) is 18.1. The lowest BCUT2D eigenvalue weighted by molar-refractivity contribution is -0.119. The van der Waals surface area contributed by atoms with Gasteiger partial charge in [0.25, 0.3) is 5.91 Å². The number of aromatic nitrogens is 2. The topological polar surface area (TPSA) is 75.2 Å². The molecule has 2 amide bonds. The number of fused-ring (bicyclic) bond motifs is 1. The Labute approximate surface area is 119 Å². The second-order valence-corrected chi connectivity index (χ2v) is 5.17. The van der Waals surface area contributed by atoms with Gasteiger partial charge in [0.1, 0.15) is 0 Å². The molecule has 1 N–H and O–H groups in total. The lowest BCUT2D eigenvalue weighted by Gasteiger charge is -2.22. The van der Waals surface area contributed by atoms with Crippen molar-refractivity contribution in [3.8, 4) is 0 Å². The monoisotopic (exact) mass is 288 g/mol. The van der Waals surface area contributed by atoms with E-state index in [-0.39, 0.29) is 17.7 Å². The molecule has 0 unspecified atom stereocenters. The summed E-state index contributed by atoms with van der Waals surface area (Å²) < 4.78 is 7.82. The van der Waals surface area contributed by atoms with Gasteiger partial charge in [0, 0.05) is 6.54 Å². The van der Waals surface area contributed by atoms with Crippen molar-refractivity contribution in [2.24, 2.45) is 5.92 Å². The van der Waals surface area contributed by atoms with E-state index in [0.717, 1.165) is 11.7 Å². The van der Waals surface area contributed by atoms with Gasteiger partial charge < -0.3 is 10.2 Å². The van der Waals surface area contributed by atoms with Crippen molar-refractivity contribution in [1.82, 2.24) is 8.75 Å². The molecule has 1 aromatic heterocycles. The quantitative estimate of drug-likeness (QED) is 0.867. The fourth-order valence-electron chi connectivity index (χ4n) is 2.12. The highest BCUT2D eigenvalue weighted by Crippen LogP contribution is 2.30. The van der Waals surface area contributed by atoms with E-state index in [1.54, 1.807) is 17.9 Å². The van der Waals surface area contributed by atoms with E-state index in [2.05, 4.69) is 14.1 Å². The Balaban J connectivity index is 2.05. The standard InChI is InChI=1S/C13H12N4O2S/c1-8-7-17(13(19)10-6-14-20-16-10)11-5-3-2-4-9(11)15-12(8)18/h2-6,8H,7H2,1H3,(H,15,18)/t8-/m0/s1. The van der Waals surface area contributed by atoms with Crippen LogP contribution in [-0.4, -0.2) is 27.1 Å². The maximum Gasteiger partial charge on any atom is 0.279 e. The van der Waals surface area contributed by atoms with Gasteiger partial charge in [-0.3, -0.25) is 9.59 Å². The molecule has 0 saturated heterocycles. The van der Waals surface area contributed by atoms with E-state index < -0.39 is 0 Å². The summed E-state index contributed by atoms with van der Waals surface area (Å²) in [5.41, 5.74) is 1.62. The number of carbonyl (C=O) groups excluding carboxylic acids is 2. The van der Waals surface area contributed by atoms with Crippen LogP contribution in [0, 0.1) is 5.92 Å². The molecule has 0 aliphatic carbocycles. The molecular formula is C13H12N4O2S. The smallest absolute Gasteiger partial charge is 0.279 e.